The van der Waals surface area contributed by atoms with Crippen molar-refractivity contribution in [3.8, 4) is 11.5 Å². The summed E-state index contributed by atoms with van der Waals surface area (Å²) in [5, 5.41) is 3.31. The fourth-order valence-corrected chi connectivity index (χ4v) is 2.21. The lowest BCUT2D eigenvalue weighted by Gasteiger charge is -2.37. The van der Waals surface area contributed by atoms with Crippen molar-refractivity contribution >= 4 is 0 Å². The van der Waals surface area contributed by atoms with E-state index in [1.54, 1.807) is 0 Å². The molecule has 0 aliphatic carbocycles. The molecule has 1 saturated heterocycles. The van der Waals surface area contributed by atoms with E-state index in [9.17, 15) is 0 Å². The molecule has 0 aromatic heterocycles. The molecule has 0 unspecified atom stereocenters. The van der Waals surface area contributed by atoms with Crippen molar-refractivity contribution in [3.05, 3.63) is 24.3 Å². The second-order valence-electron chi connectivity index (χ2n) is 4.69. The summed E-state index contributed by atoms with van der Waals surface area (Å²) in [5.74, 6) is 1.80. The van der Waals surface area contributed by atoms with E-state index in [4.69, 9.17) is 9.47 Å². The Morgan fingerprint density at radius 2 is 1.74 bits per heavy atom. The van der Waals surface area contributed by atoms with Gasteiger partial charge in [-0.25, -0.2) is 0 Å². The van der Waals surface area contributed by atoms with Gasteiger partial charge in [-0.05, 0) is 37.7 Å². The van der Waals surface area contributed by atoms with Crippen molar-refractivity contribution in [2.24, 2.45) is 0 Å². The van der Waals surface area contributed by atoms with Gasteiger partial charge in [0.05, 0.1) is 6.61 Å². The minimum Gasteiger partial charge on any atom is -0.494 e. The van der Waals surface area contributed by atoms with Gasteiger partial charge in [-0.15, -0.1) is 0 Å². The third kappa shape index (κ3) is 4.11. The Morgan fingerprint density at radius 3 is 2.21 bits per heavy atom. The molecule has 0 amide bonds. The predicted molar refractivity (Wildman–Crippen MR) is 77.0 cm³/mol. The first-order valence-corrected chi connectivity index (χ1v) is 7.14. The molecular formula is C15H24N2O2. The standard InChI is InChI=1S/C15H24N2O2/c1-3-17(13-11-16-12-13)9-10-19-15-7-5-14(6-8-15)18-4-2/h5-8,13,16H,3-4,9-12H2,1-2H3. The van der Waals surface area contributed by atoms with Crippen LogP contribution in [-0.4, -0.2) is 50.3 Å². The van der Waals surface area contributed by atoms with E-state index >= 15 is 0 Å². The summed E-state index contributed by atoms with van der Waals surface area (Å²) in [7, 11) is 0. The zero-order valence-electron chi connectivity index (χ0n) is 11.9. The van der Waals surface area contributed by atoms with E-state index in [0.29, 0.717) is 12.6 Å². The third-order valence-corrected chi connectivity index (χ3v) is 3.46. The summed E-state index contributed by atoms with van der Waals surface area (Å²) in [6, 6.07) is 8.52. The normalized spacial score (nSPS) is 15.3. The van der Waals surface area contributed by atoms with Crippen LogP contribution in [-0.2, 0) is 0 Å². The van der Waals surface area contributed by atoms with Crippen LogP contribution in [0.25, 0.3) is 0 Å². The molecule has 4 nitrogen and oxygen atoms in total. The lowest BCUT2D eigenvalue weighted by Crippen LogP contribution is -2.57. The van der Waals surface area contributed by atoms with Gasteiger partial charge in [0.15, 0.2) is 0 Å². The fourth-order valence-electron chi connectivity index (χ4n) is 2.21. The SMILES string of the molecule is CCOc1ccc(OCCN(CC)C2CNC2)cc1. The molecule has 1 aromatic carbocycles. The van der Waals surface area contributed by atoms with Gasteiger partial charge in [-0.3, -0.25) is 4.90 Å². The molecule has 1 heterocycles. The molecule has 0 bridgehead atoms. The summed E-state index contributed by atoms with van der Waals surface area (Å²) in [6.07, 6.45) is 0. The van der Waals surface area contributed by atoms with Gasteiger partial charge in [0.1, 0.15) is 18.1 Å². The van der Waals surface area contributed by atoms with Gasteiger partial charge in [0.2, 0.25) is 0 Å². The number of nitrogens with one attached hydrogen (secondary N) is 1. The highest BCUT2D eigenvalue weighted by atomic mass is 16.5. The first-order chi connectivity index (χ1) is 9.33. The van der Waals surface area contributed by atoms with E-state index in [0.717, 1.165) is 44.3 Å². The summed E-state index contributed by atoms with van der Waals surface area (Å²) < 4.78 is 11.2. The van der Waals surface area contributed by atoms with Gasteiger partial charge >= 0.3 is 0 Å². The molecule has 19 heavy (non-hydrogen) atoms. The van der Waals surface area contributed by atoms with E-state index < -0.39 is 0 Å². The predicted octanol–water partition coefficient (Wildman–Crippen LogP) is 1.76. The molecule has 1 aliphatic heterocycles. The first-order valence-electron chi connectivity index (χ1n) is 7.14. The fraction of sp³-hybridized carbons (Fsp3) is 0.600. The number of benzene rings is 1. The van der Waals surface area contributed by atoms with Crippen LogP contribution in [0.3, 0.4) is 0 Å². The van der Waals surface area contributed by atoms with Crippen molar-refractivity contribution in [2.45, 2.75) is 19.9 Å². The lowest BCUT2D eigenvalue weighted by atomic mass is 10.1. The molecule has 4 heteroatoms. The van der Waals surface area contributed by atoms with Gasteiger partial charge < -0.3 is 14.8 Å². The Balaban J connectivity index is 1.72. The maximum Gasteiger partial charge on any atom is 0.119 e. The Bertz CT molecular complexity index is 363. The molecule has 1 N–H and O–H groups in total. The Kier molecular flexibility index (Phi) is 5.48. The number of hydrogen-bond acceptors (Lipinski definition) is 4. The van der Waals surface area contributed by atoms with Crippen LogP contribution in [0.1, 0.15) is 13.8 Å². The van der Waals surface area contributed by atoms with Gasteiger partial charge in [0, 0.05) is 25.7 Å². The number of likely N-dealkylation sites (N-methyl/N-ethyl adjacent to an activating group) is 1. The van der Waals surface area contributed by atoms with E-state index in [1.807, 2.05) is 31.2 Å². The summed E-state index contributed by atoms with van der Waals surface area (Å²) >= 11 is 0. The summed E-state index contributed by atoms with van der Waals surface area (Å²) in [5.41, 5.74) is 0. The van der Waals surface area contributed by atoms with Crippen LogP contribution in [0.2, 0.25) is 0 Å². The van der Waals surface area contributed by atoms with E-state index in [2.05, 4.69) is 17.1 Å². The zero-order chi connectivity index (χ0) is 13.5. The third-order valence-electron chi connectivity index (χ3n) is 3.46. The molecule has 0 atom stereocenters. The van der Waals surface area contributed by atoms with Crippen LogP contribution in [0.4, 0.5) is 0 Å². The Morgan fingerprint density at radius 1 is 1.11 bits per heavy atom. The number of ether oxygens (including phenoxy) is 2. The van der Waals surface area contributed by atoms with E-state index in [-0.39, 0.29) is 0 Å². The minimum atomic E-state index is 0.689. The Hall–Kier alpha value is -1.26. The van der Waals surface area contributed by atoms with Crippen molar-refractivity contribution < 1.29 is 9.47 Å². The molecule has 1 aliphatic rings. The Labute approximate surface area is 115 Å². The average Bonchev–Trinajstić information content (AvgIpc) is 2.38. The van der Waals surface area contributed by atoms with Crippen molar-refractivity contribution in [2.75, 3.05) is 39.4 Å². The molecule has 0 saturated carbocycles. The van der Waals surface area contributed by atoms with E-state index in [1.165, 1.54) is 0 Å². The van der Waals surface area contributed by atoms with Crippen LogP contribution >= 0.6 is 0 Å². The highest BCUT2D eigenvalue weighted by molar-refractivity contribution is 5.31. The molecule has 0 radical (unpaired) electrons. The maximum atomic E-state index is 5.77. The van der Waals surface area contributed by atoms with Crippen LogP contribution in [0, 0.1) is 0 Å². The zero-order valence-corrected chi connectivity index (χ0v) is 11.9. The quantitative estimate of drug-likeness (QED) is 0.776. The second kappa shape index (κ2) is 7.36. The topological polar surface area (TPSA) is 33.7 Å². The largest absolute Gasteiger partial charge is 0.494 e. The number of nitrogens with zero attached hydrogens (tertiary/aromatic N) is 1. The summed E-state index contributed by atoms with van der Waals surface area (Å²) in [4.78, 5) is 2.46. The molecule has 0 spiro atoms. The van der Waals surface area contributed by atoms with Crippen molar-refractivity contribution in [3.63, 3.8) is 0 Å². The molecule has 2 rings (SSSR count). The van der Waals surface area contributed by atoms with Crippen LogP contribution in [0.15, 0.2) is 24.3 Å². The van der Waals surface area contributed by atoms with Crippen molar-refractivity contribution in [1.82, 2.24) is 10.2 Å². The molecule has 1 fully saturated rings. The average molecular weight is 264 g/mol. The lowest BCUT2D eigenvalue weighted by molar-refractivity contribution is 0.128. The second-order valence-corrected chi connectivity index (χ2v) is 4.69. The van der Waals surface area contributed by atoms with Gasteiger partial charge in [-0.2, -0.15) is 0 Å². The maximum absolute atomic E-state index is 5.77. The van der Waals surface area contributed by atoms with Gasteiger partial charge in [0.25, 0.3) is 0 Å². The highest BCUT2D eigenvalue weighted by Gasteiger charge is 2.22. The molecular weight excluding hydrogens is 240 g/mol. The number of hydrogen-bond donors (Lipinski definition) is 1. The first kappa shape index (κ1) is 14.2. The minimum absolute atomic E-state index is 0.689. The molecule has 106 valence electrons. The molecule has 1 aromatic rings. The van der Waals surface area contributed by atoms with Gasteiger partial charge in [-0.1, -0.05) is 6.92 Å². The highest BCUT2D eigenvalue weighted by Crippen LogP contribution is 2.17. The monoisotopic (exact) mass is 264 g/mol. The van der Waals surface area contributed by atoms with Crippen molar-refractivity contribution in [1.29, 1.82) is 0 Å². The van der Waals surface area contributed by atoms with Crippen LogP contribution < -0.4 is 14.8 Å². The number of rotatable bonds is 8. The van der Waals surface area contributed by atoms with Crippen LogP contribution in [0.5, 0.6) is 11.5 Å². The smallest absolute Gasteiger partial charge is 0.119 e. The summed E-state index contributed by atoms with van der Waals surface area (Å²) in [6.45, 7) is 9.90.